The monoisotopic (exact) mass is 473 g/mol. The average Bonchev–Trinajstić information content (AvgIpc) is 2.77. The molecule has 12 heteroatoms. The van der Waals surface area contributed by atoms with Crippen molar-refractivity contribution in [2.24, 2.45) is 11.7 Å². The van der Waals surface area contributed by atoms with Crippen LogP contribution in [-0.2, 0) is 17.5 Å². The van der Waals surface area contributed by atoms with Crippen LogP contribution in [0.4, 0.5) is 29.2 Å². The van der Waals surface area contributed by atoms with Gasteiger partial charge in [-0.3, -0.25) is 9.69 Å². The van der Waals surface area contributed by atoms with E-state index in [2.05, 4.69) is 15.3 Å². The zero-order chi connectivity index (χ0) is 26.7. The number of hydrogen-bond acceptors (Lipinski definition) is 7. The van der Waals surface area contributed by atoms with E-state index in [1.54, 1.807) is 4.90 Å². The van der Waals surface area contributed by atoms with Crippen molar-refractivity contribution in [1.82, 2.24) is 14.9 Å². The summed E-state index contributed by atoms with van der Waals surface area (Å²) in [5.74, 6) is -2.69. The number of primary amides is 1. The molecule has 1 aromatic heterocycles. The van der Waals surface area contributed by atoms with Crippen LogP contribution >= 0.6 is 0 Å². The fourth-order valence-electron chi connectivity index (χ4n) is 3.60. The van der Waals surface area contributed by atoms with Gasteiger partial charge in [0, 0.05) is 36.6 Å². The highest BCUT2D eigenvalue weighted by Crippen LogP contribution is 2.29. The molecule has 2 heterocycles. The Kier molecular flexibility index (Phi) is 6.43. The normalized spacial score (nSPS) is 21.1. The van der Waals surface area contributed by atoms with Crippen molar-refractivity contribution < 1.29 is 31.6 Å². The number of hydrogen-bond donors (Lipinski definition) is 3. The number of nitrogens with zero attached hydrogens (tertiary/aromatic N) is 4. The van der Waals surface area contributed by atoms with Crippen LogP contribution in [0.5, 0.6) is 0 Å². The molecule has 1 fully saturated rings. The predicted molar refractivity (Wildman–Crippen MR) is 114 cm³/mol. The van der Waals surface area contributed by atoms with E-state index in [0.29, 0.717) is 17.9 Å². The molecular formula is C21H26F4N6O2. The van der Waals surface area contributed by atoms with Crippen LogP contribution in [-0.4, -0.2) is 65.1 Å². The standard InChI is InChI=1S/C21H26F4N6O2/c1-30(9-13-2-4-15(5-3-13)21(23,24)25)20-18(22)19(28-12-29-20)27-8-14-6-7-31(10-16(14)32)11-17(26)33/h2-5,12,14,16,32H,6-11H2,1H3,(H2,26,33)(H,27,28,29)/t14-,16+/m0/s1/i1D3. The summed E-state index contributed by atoms with van der Waals surface area (Å²) >= 11 is 0. The number of nitrogens with one attached hydrogen (secondary N) is 1. The Bertz CT molecular complexity index is 1060. The Hall–Kier alpha value is -2.99. The van der Waals surface area contributed by atoms with E-state index in [9.17, 15) is 23.1 Å². The first kappa shape index (κ1) is 20.6. The number of carbonyl (C=O) groups excluding carboxylic acids is 1. The average molecular weight is 473 g/mol. The maximum Gasteiger partial charge on any atom is 0.416 e. The summed E-state index contributed by atoms with van der Waals surface area (Å²) in [5.41, 5.74) is 4.49. The lowest BCUT2D eigenvalue weighted by molar-refractivity contribution is -0.137. The number of anilines is 2. The Balaban J connectivity index is 1.73. The molecule has 0 unspecified atom stereocenters. The third-order valence-electron chi connectivity index (χ3n) is 5.37. The smallest absolute Gasteiger partial charge is 0.391 e. The minimum Gasteiger partial charge on any atom is -0.391 e. The lowest BCUT2D eigenvalue weighted by Crippen LogP contribution is -2.48. The molecule has 1 aromatic carbocycles. The second-order valence-electron chi connectivity index (χ2n) is 7.84. The van der Waals surface area contributed by atoms with Crippen LogP contribution < -0.4 is 16.0 Å². The molecule has 180 valence electrons. The molecule has 33 heavy (non-hydrogen) atoms. The van der Waals surface area contributed by atoms with Crippen LogP contribution in [0.3, 0.4) is 0 Å². The molecule has 8 nitrogen and oxygen atoms in total. The van der Waals surface area contributed by atoms with Gasteiger partial charge in [0.15, 0.2) is 11.6 Å². The molecule has 0 aliphatic carbocycles. The van der Waals surface area contributed by atoms with Crippen molar-refractivity contribution in [3.8, 4) is 0 Å². The van der Waals surface area contributed by atoms with Gasteiger partial charge in [0.05, 0.1) is 18.2 Å². The van der Waals surface area contributed by atoms with Crippen molar-refractivity contribution in [1.29, 1.82) is 0 Å². The number of rotatable bonds is 8. The molecule has 1 aliphatic rings. The molecule has 1 aliphatic heterocycles. The van der Waals surface area contributed by atoms with Gasteiger partial charge >= 0.3 is 6.18 Å². The van der Waals surface area contributed by atoms with Gasteiger partial charge in [0.1, 0.15) is 6.33 Å². The molecule has 1 amide bonds. The van der Waals surface area contributed by atoms with E-state index < -0.39 is 48.9 Å². The van der Waals surface area contributed by atoms with E-state index in [1.165, 1.54) is 0 Å². The van der Waals surface area contributed by atoms with Crippen molar-refractivity contribution in [3.63, 3.8) is 0 Å². The Morgan fingerprint density at radius 2 is 2.09 bits per heavy atom. The summed E-state index contributed by atoms with van der Waals surface area (Å²) in [6, 6.07) is 3.87. The maximum absolute atomic E-state index is 15.3. The maximum atomic E-state index is 15.3. The fraction of sp³-hybridized carbons (Fsp3) is 0.476. The van der Waals surface area contributed by atoms with Crippen LogP contribution in [0.2, 0.25) is 0 Å². The molecule has 3 rings (SSSR count). The first-order valence-corrected chi connectivity index (χ1v) is 10.1. The first-order chi connectivity index (χ1) is 16.8. The third-order valence-corrected chi connectivity index (χ3v) is 5.37. The molecule has 2 atom stereocenters. The molecule has 0 saturated carbocycles. The van der Waals surface area contributed by atoms with Crippen molar-refractivity contribution in [2.45, 2.75) is 25.2 Å². The highest BCUT2D eigenvalue weighted by atomic mass is 19.4. The van der Waals surface area contributed by atoms with Crippen molar-refractivity contribution >= 4 is 17.5 Å². The van der Waals surface area contributed by atoms with Gasteiger partial charge in [0.2, 0.25) is 11.7 Å². The number of likely N-dealkylation sites (tertiary alicyclic amines) is 1. The van der Waals surface area contributed by atoms with Gasteiger partial charge in [-0.2, -0.15) is 17.6 Å². The summed E-state index contributed by atoms with van der Waals surface area (Å²) < 4.78 is 77.2. The number of aliphatic hydroxyl groups excluding tert-OH is 1. The molecule has 0 radical (unpaired) electrons. The summed E-state index contributed by atoms with van der Waals surface area (Å²) in [6.45, 7) is -2.44. The van der Waals surface area contributed by atoms with Gasteiger partial charge in [-0.05, 0) is 30.7 Å². The van der Waals surface area contributed by atoms with Gasteiger partial charge in [0.25, 0.3) is 0 Å². The van der Waals surface area contributed by atoms with Crippen molar-refractivity contribution in [2.75, 3.05) is 43.4 Å². The lowest BCUT2D eigenvalue weighted by Gasteiger charge is -2.35. The van der Waals surface area contributed by atoms with Crippen LogP contribution in [0, 0.1) is 11.7 Å². The van der Waals surface area contributed by atoms with E-state index in [4.69, 9.17) is 9.85 Å². The zero-order valence-corrected chi connectivity index (χ0v) is 17.5. The SMILES string of the molecule is [2H]C([2H])([2H])N(Cc1ccc(C(F)(F)F)cc1)c1ncnc(NC[C@@H]2CCN(CC(N)=O)C[C@H]2O)c1F. The number of halogens is 4. The number of aromatic nitrogens is 2. The lowest BCUT2D eigenvalue weighted by atomic mass is 9.94. The highest BCUT2D eigenvalue weighted by Gasteiger charge is 2.30. The van der Waals surface area contributed by atoms with Crippen LogP contribution in [0.25, 0.3) is 0 Å². The topological polar surface area (TPSA) is 108 Å². The van der Waals surface area contributed by atoms with Crippen LogP contribution in [0.1, 0.15) is 21.7 Å². The zero-order valence-electron chi connectivity index (χ0n) is 20.5. The summed E-state index contributed by atoms with van der Waals surface area (Å²) in [7, 11) is 0. The fourth-order valence-corrected chi connectivity index (χ4v) is 3.60. The molecule has 0 spiro atoms. The highest BCUT2D eigenvalue weighted by molar-refractivity contribution is 5.75. The number of amides is 1. The van der Waals surface area contributed by atoms with Crippen LogP contribution in [0.15, 0.2) is 30.6 Å². The van der Waals surface area contributed by atoms with E-state index in [1.807, 2.05) is 0 Å². The van der Waals surface area contributed by atoms with E-state index in [0.717, 1.165) is 30.6 Å². The number of piperidine rings is 1. The Morgan fingerprint density at radius 3 is 2.70 bits per heavy atom. The Labute approximate surface area is 192 Å². The molecule has 2 aromatic rings. The molecule has 1 saturated heterocycles. The predicted octanol–water partition coefficient (Wildman–Crippen LogP) is 1.85. The van der Waals surface area contributed by atoms with Crippen molar-refractivity contribution in [3.05, 3.63) is 47.5 Å². The molecule has 0 bridgehead atoms. The number of nitrogens with two attached hydrogens (primary N) is 1. The largest absolute Gasteiger partial charge is 0.416 e. The van der Waals surface area contributed by atoms with E-state index in [-0.39, 0.29) is 36.9 Å². The number of benzene rings is 1. The van der Waals surface area contributed by atoms with Gasteiger partial charge in [-0.15, -0.1) is 0 Å². The summed E-state index contributed by atoms with van der Waals surface area (Å²) in [6.07, 6.45) is -3.89. The first-order valence-electron chi connectivity index (χ1n) is 11.6. The number of aliphatic hydroxyl groups is 1. The van der Waals surface area contributed by atoms with Gasteiger partial charge in [-0.1, -0.05) is 12.1 Å². The van der Waals surface area contributed by atoms with Gasteiger partial charge < -0.3 is 21.1 Å². The second kappa shape index (κ2) is 10.3. The molecule has 4 N–H and O–H groups in total. The number of carbonyl (C=O) groups is 1. The van der Waals surface area contributed by atoms with Gasteiger partial charge in [-0.25, -0.2) is 9.97 Å². The van der Waals surface area contributed by atoms with E-state index >= 15 is 4.39 Å². The third kappa shape index (κ3) is 6.51. The summed E-state index contributed by atoms with van der Waals surface area (Å²) in [4.78, 5) is 21.0. The minimum atomic E-state index is -4.55. The number of alkyl halides is 3. The number of β-amino-alcohol motifs (C(OH)–C–C–N with tert-alkyl or cyclic N) is 1. The summed E-state index contributed by atoms with van der Waals surface area (Å²) in [5, 5.41) is 13.1. The second-order valence-corrected chi connectivity index (χ2v) is 7.84. The minimum absolute atomic E-state index is 0.0188. The quantitative estimate of drug-likeness (QED) is 0.503. The molecular weight excluding hydrogens is 444 g/mol. The Morgan fingerprint density at radius 1 is 1.36 bits per heavy atom.